The topological polar surface area (TPSA) is 44.5 Å². The lowest BCUT2D eigenvalue weighted by Crippen LogP contribution is -2.41. The molecule has 1 aliphatic rings. The van der Waals surface area contributed by atoms with Crippen molar-refractivity contribution in [3.63, 3.8) is 0 Å². The van der Waals surface area contributed by atoms with Crippen molar-refractivity contribution in [3.8, 4) is 0 Å². The third kappa shape index (κ3) is 2.68. The summed E-state index contributed by atoms with van der Waals surface area (Å²) in [4.78, 5) is 0. The lowest BCUT2D eigenvalue weighted by molar-refractivity contribution is 0.00578. The maximum absolute atomic E-state index is 6.30. The molecule has 1 aromatic rings. The Kier molecular flexibility index (Phi) is 3.73. The highest BCUT2D eigenvalue weighted by Crippen LogP contribution is 2.40. The molecule has 2 N–H and O–H groups in total. The van der Waals surface area contributed by atoms with E-state index in [2.05, 4.69) is 0 Å². The van der Waals surface area contributed by atoms with Gasteiger partial charge in [-0.1, -0.05) is 17.7 Å². The van der Waals surface area contributed by atoms with Gasteiger partial charge in [0, 0.05) is 5.02 Å². The van der Waals surface area contributed by atoms with Crippen molar-refractivity contribution < 1.29 is 9.31 Å². The van der Waals surface area contributed by atoms with E-state index in [0.717, 1.165) is 11.1 Å². The number of nitrogens with two attached hydrogens (primary N) is 1. The van der Waals surface area contributed by atoms with Gasteiger partial charge >= 0.3 is 7.12 Å². The minimum absolute atomic E-state index is 0.321. The summed E-state index contributed by atoms with van der Waals surface area (Å²) in [6.07, 6.45) is 0. The smallest absolute Gasteiger partial charge is 0.402 e. The van der Waals surface area contributed by atoms with Gasteiger partial charge < -0.3 is 15.0 Å². The fourth-order valence-corrected chi connectivity index (χ4v) is 2.42. The second kappa shape index (κ2) is 4.78. The number of rotatable bonds is 2. The van der Waals surface area contributed by atoms with Crippen LogP contribution in [0, 0.1) is 6.92 Å². The van der Waals surface area contributed by atoms with Gasteiger partial charge in [0.25, 0.3) is 0 Å². The van der Waals surface area contributed by atoms with Crippen LogP contribution in [0.2, 0.25) is 5.02 Å². The highest BCUT2D eigenvalue weighted by molar-refractivity contribution is 6.47. The van der Waals surface area contributed by atoms with Crippen molar-refractivity contribution in [3.05, 3.63) is 34.3 Å². The lowest BCUT2D eigenvalue weighted by atomic mass is 9.73. The molecule has 1 aliphatic heterocycles. The van der Waals surface area contributed by atoms with Crippen LogP contribution in [0.15, 0.2) is 18.2 Å². The normalized spacial score (nSPS) is 22.6. The van der Waals surface area contributed by atoms with Crippen LogP contribution in [0.5, 0.6) is 0 Å². The van der Waals surface area contributed by atoms with E-state index in [9.17, 15) is 0 Å². The van der Waals surface area contributed by atoms with Gasteiger partial charge in [0.2, 0.25) is 0 Å². The predicted molar refractivity (Wildman–Crippen MR) is 79.2 cm³/mol. The molecule has 19 heavy (non-hydrogen) atoms. The molecule has 1 saturated heterocycles. The molecular formula is C14H21BClNO2. The Bertz CT molecular complexity index is 474. The number of halogens is 1. The molecule has 0 saturated carbocycles. The van der Waals surface area contributed by atoms with Crippen LogP contribution in [-0.2, 0) is 9.31 Å². The molecule has 3 nitrogen and oxygen atoms in total. The first-order valence-corrected chi connectivity index (χ1v) is 6.89. The van der Waals surface area contributed by atoms with Crippen LogP contribution < -0.4 is 5.73 Å². The maximum Gasteiger partial charge on any atom is 0.480 e. The molecule has 2 rings (SSSR count). The van der Waals surface area contributed by atoms with E-state index in [1.54, 1.807) is 0 Å². The lowest BCUT2D eigenvalue weighted by Gasteiger charge is -2.32. The summed E-state index contributed by atoms with van der Waals surface area (Å²) in [6, 6.07) is 5.68. The zero-order chi connectivity index (χ0) is 14.4. The average Bonchev–Trinajstić information content (AvgIpc) is 2.47. The van der Waals surface area contributed by atoms with E-state index in [1.807, 2.05) is 52.8 Å². The van der Waals surface area contributed by atoms with Crippen LogP contribution in [0.25, 0.3) is 0 Å². The standard InChI is InChI=1S/C14H21BClNO2/c1-9-8-10(16)6-7-11(9)12(17)15-18-13(2,3)14(4,5)19-15/h6-8,12H,17H2,1-5H3. The molecule has 0 spiro atoms. The molecule has 1 aromatic carbocycles. The molecule has 5 heteroatoms. The first-order valence-electron chi connectivity index (χ1n) is 6.51. The van der Waals surface area contributed by atoms with Crippen LogP contribution in [0.3, 0.4) is 0 Å². The van der Waals surface area contributed by atoms with Gasteiger partial charge in [-0.15, -0.1) is 0 Å². The van der Waals surface area contributed by atoms with Crippen LogP contribution in [0.4, 0.5) is 0 Å². The molecule has 0 bridgehead atoms. The highest BCUT2D eigenvalue weighted by atomic mass is 35.5. The Hall–Kier alpha value is -0.545. The molecular weight excluding hydrogens is 260 g/mol. The zero-order valence-corrected chi connectivity index (χ0v) is 12.9. The summed E-state index contributed by atoms with van der Waals surface area (Å²) in [5.74, 6) is -0.321. The van der Waals surface area contributed by atoms with Crippen molar-refractivity contribution in [1.82, 2.24) is 0 Å². The van der Waals surface area contributed by atoms with Gasteiger partial charge in [0.15, 0.2) is 0 Å². The second-order valence-corrected chi connectivity index (χ2v) is 6.59. The first kappa shape index (κ1) is 14.9. The molecule has 1 atom stereocenters. The number of hydrogen-bond acceptors (Lipinski definition) is 3. The summed E-state index contributed by atoms with van der Waals surface area (Å²) in [7, 11) is -0.440. The summed E-state index contributed by atoms with van der Waals surface area (Å²) < 4.78 is 12.0. The monoisotopic (exact) mass is 281 g/mol. The van der Waals surface area contributed by atoms with Crippen LogP contribution in [-0.4, -0.2) is 18.3 Å². The van der Waals surface area contributed by atoms with E-state index in [1.165, 1.54) is 0 Å². The van der Waals surface area contributed by atoms with Crippen LogP contribution in [0.1, 0.15) is 44.8 Å². The molecule has 0 aromatic heterocycles. The Labute approximate surface area is 120 Å². The molecule has 0 amide bonds. The SMILES string of the molecule is Cc1cc(Cl)ccc1C(N)B1OC(C)(C)C(C)(C)O1. The molecule has 0 radical (unpaired) electrons. The van der Waals surface area contributed by atoms with E-state index in [0.29, 0.717) is 5.02 Å². The second-order valence-electron chi connectivity index (χ2n) is 6.15. The van der Waals surface area contributed by atoms with Gasteiger partial charge in [0.05, 0.1) is 17.1 Å². The molecule has 104 valence electrons. The van der Waals surface area contributed by atoms with Crippen molar-refractivity contribution in [2.24, 2.45) is 5.73 Å². The molecule has 1 fully saturated rings. The van der Waals surface area contributed by atoms with E-state index < -0.39 is 7.12 Å². The minimum Gasteiger partial charge on any atom is -0.402 e. The maximum atomic E-state index is 6.30. The fraction of sp³-hybridized carbons (Fsp3) is 0.571. The van der Waals surface area contributed by atoms with Crippen molar-refractivity contribution in [2.75, 3.05) is 0 Å². The minimum atomic E-state index is -0.440. The van der Waals surface area contributed by atoms with Gasteiger partial charge in [-0.3, -0.25) is 0 Å². The van der Waals surface area contributed by atoms with Crippen molar-refractivity contribution in [1.29, 1.82) is 0 Å². The Morgan fingerprint density at radius 3 is 2.16 bits per heavy atom. The summed E-state index contributed by atoms with van der Waals surface area (Å²) >= 11 is 5.97. The Morgan fingerprint density at radius 2 is 1.68 bits per heavy atom. The highest BCUT2D eigenvalue weighted by Gasteiger charge is 2.53. The molecule has 0 aliphatic carbocycles. The van der Waals surface area contributed by atoms with Crippen LogP contribution >= 0.6 is 11.6 Å². The Balaban J connectivity index is 2.24. The summed E-state index contributed by atoms with van der Waals surface area (Å²) in [5.41, 5.74) is 7.62. The third-order valence-electron chi connectivity index (χ3n) is 4.16. The van der Waals surface area contributed by atoms with E-state index in [-0.39, 0.29) is 17.1 Å². The average molecular weight is 282 g/mol. The molecule has 1 unspecified atom stereocenters. The third-order valence-corrected chi connectivity index (χ3v) is 4.39. The fourth-order valence-electron chi connectivity index (χ4n) is 2.19. The number of benzene rings is 1. The molecule has 1 heterocycles. The summed E-state index contributed by atoms with van der Waals surface area (Å²) in [5, 5.41) is 0.711. The van der Waals surface area contributed by atoms with Crippen molar-refractivity contribution in [2.45, 2.75) is 51.8 Å². The van der Waals surface area contributed by atoms with E-state index in [4.69, 9.17) is 26.6 Å². The summed E-state index contributed by atoms with van der Waals surface area (Å²) in [6.45, 7) is 10.1. The van der Waals surface area contributed by atoms with Gasteiger partial charge in [-0.05, 0) is 57.9 Å². The number of hydrogen-bond donors (Lipinski definition) is 1. The Morgan fingerprint density at radius 1 is 1.16 bits per heavy atom. The van der Waals surface area contributed by atoms with Gasteiger partial charge in [0.1, 0.15) is 0 Å². The largest absolute Gasteiger partial charge is 0.480 e. The first-order chi connectivity index (χ1) is 8.64. The zero-order valence-electron chi connectivity index (χ0n) is 12.2. The predicted octanol–water partition coefficient (Wildman–Crippen LogP) is 3.28. The van der Waals surface area contributed by atoms with Gasteiger partial charge in [-0.25, -0.2) is 0 Å². The number of aryl methyl sites for hydroxylation is 1. The quantitative estimate of drug-likeness (QED) is 0.846. The van der Waals surface area contributed by atoms with Crippen molar-refractivity contribution >= 4 is 18.7 Å². The van der Waals surface area contributed by atoms with Gasteiger partial charge in [-0.2, -0.15) is 0 Å². The van der Waals surface area contributed by atoms with E-state index >= 15 is 0 Å².